The van der Waals surface area contributed by atoms with Gasteiger partial charge < -0.3 is 10.1 Å². The lowest BCUT2D eigenvalue weighted by atomic mass is 10.1. The Bertz CT molecular complexity index is 1270. The van der Waals surface area contributed by atoms with Crippen molar-refractivity contribution in [2.75, 3.05) is 17.1 Å². The summed E-state index contributed by atoms with van der Waals surface area (Å²) in [6.45, 7) is 0. The average molecular weight is 453 g/mol. The number of nitro benzene ring substituents is 1. The lowest BCUT2D eigenvalue weighted by molar-refractivity contribution is -0.385. The van der Waals surface area contributed by atoms with Gasteiger partial charge in [0.1, 0.15) is 5.75 Å². The molecule has 0 aliphatic carbocycles. The number of carbonyl (C=O) groups is 1. The number of para-hydroxylation sites is 1. The molecule has 0 radical (unpaired) electrons. The zero-order valence-electron chi connectivity index (χ0n) is 16.9. The fraction of sp³-hybridized carbons (Fsp3) is 0.0455. The number of nitro groups is 1. The van der Waals surface area contributed by atoms with Crippen molar-refractivity contribution in [3.05, 3.63) is 94.6 Å². The van der Waals surface area contributed by atoms with E-state index in [1.54, 1.807) is 30.3 Å². The van der Waals surface area contributed by atoms with Gasteiger partial charge in [-0.3, -0.25) is 19.6 Å². The van der Waals surface area contributed by atoms with Crippen LogP contribution in [0.25, 0.3) is 6.08 Å². The first-order valence-electron chi connectivity index (χ1n) is 9.28. The average Bonchev–Trinajstić information content (AvgIpc) is 2.78. The van der Waals surface area contributed by atoms with Crippen molar-refractivity contribution in [1.82, 2.24) is 0 Å². The van der Waals surface area contributed by atoms with E-state index in [1.807, 2.05) is 0 Å². The number of rotatable bonds is 8. The van der Waals surface area contributed by atoms with Crippen LogP contribution >= 0.6 is 0 Å². The number of anilines is 2. The molecule has 0 saturated heterocycles. The largest absolute Gasteiger partial charge is 0.497 e. The molecule has 0 heterocycles. The van der Waals surface area contributed by atoms with Crippen LogP contribution in [0, 0.1) is 10.1 Å². The summed E-state index contributed by atoms with van der Waals surface area (Å²) >= 11 is 0. The number of carbonyl (C=O) groups excluding carboxylic acids is 1. The van der Waals surface area contributed by atoms with Gasteiger partial charge in [0.05, 0.1) is 22.5 Å². The Morgan fingerprint density at radius 2 is 1.72 bits per heavy atom. The Morgan fingerprint density at radius 1 is 1.00 bits per heavy atom. The normalized spacial score (nSPS) is 11.2. The summed E-state index contributed by atoms with van der Waals surface area (Å²) in [4.78, 5) is 22.7. The maximum absolute atomic E-state index is 12.7. The maximum atomic E-state index is 12.7. The number of ether oxygens (including phenoxy) is 1. The molecule has 0 aromatic heterocycles. The third-order valence-corrected chi connectivity index (χ3v) is 5.68. The summed E-state index contributed by atoms with van der Waals surface area (Å²) < 4.78 is 32.8. The summed E-state index contributed by atoms with van der Waals surface area (Å²) in [5, 5.41) is 13.6. The molecule has 0 unspecified atom stereocenters. The number of amides is 1. The van der Waals surface area contributed by atoms with Gasteiger partial charge in [0, 0.05) is 23.5 Å². The second-order valence-corrected chi connectivity index (χ2v) is 8.18. The van der Waals surface area contributed by atoms with Crippen molar-refractivity contribution in [2.45, 2.75) is 4.90 Å². The first kappa shape index (κ1) is 22.5. The van der Waals surface area contributed by atoms with Crippen LogP contribution in [0.4, 0.5) is 17.1 Å². The number of hydrogen-bond acceptors (Lipinski definition) is 6. The molecule has 10 heteroatoms. The van der Waals surface area contributed by atoms with Gasteiger partial charge in [0.2, 0.25) is 5.91 Å². The van der Waals surface area contributed by atoms with Gasteiger partial charge in [0.25, 0.3) is 15.7 Å². The third kappa shape index (κ3) is 5.70. The maximum Gasteiger partial charge on any atom is 0.276 e. The van der Waals surface area contributed by atoms with E-state index >= 15 is 0 Å². The van der Waals surface area contributed by atoms with Crippen LogP contribution in [-0.4, -0.2) is 26.4 Å². The topological polar surface area (TPSA) is 128 Å². The molecule has 2 N–H and O–H groups in total. The summed E-state index contributed by atoms with van der Waals surface area (Å²) in [6, 6.07) is 18.1. The molecule has 3 rings (SSSR count). The fourth-order valence-electron chi connectivity index (χ4n) is 2.76. The first-order chi connectivity index (χ1) is 15.3. The van der Waals surface area contributed by atoms with Gasteiger partial charge in [-0.1, -0.05) is 18.2 Å². The van der Waals surface area contributed by atoms with Crippen LogP contribution in [0.2, 0.25) is 0 Å². The quantitative estimate of drug-likeness (QED) is 0.301. The lowest BCUT2D eigenvalue weighted by Crippen LogP contribution is -2.14. The zero-order valence-corrected chi connectivity index (χ0v) is 17.7. The summed E-state index contributed by atoms with van der Waals surface area (Å²) in [7, 11) is -2.39. The summed E-state index contributed by atoms with van der Waals surface area (Å²) in [5.41, 5.74) is 0.745. The molecule has 0 aliphatic heterocycles. The Hall–Kier alpha value is -4.18. The van der Waals surface area contributed by atoms with Crippen molar-refractivity contribution >= 4 is 39.1 Å². The molecule has 0 atom stereocenters. The van der Waals surface area contributed by atoms with Gasteiger partial charge in [-0.15, -0.1) is 0 Å². The molecule has 0 fully saturated rings. The van der Waals surface area contributed by atoms with Gasteiger partial charge in [-0.25, -0.2) is 8.42 Å². The van der Waals surface area contributed by atoms with Gasteiger partial charge in [-0.05, 0) is 54.6 Å². The SMILES string of the molecule is COc1ccc(NS(=O)(=O)c2cccc(NC(=O)/C=C/c3ccccc3[N+](=O)[O-])c2)cc1. The molecule has 1 amide bonds. The number of benzene rings is 3. The molecule has 3 aromatic rings. The van der Waals surface area contributed by atoms with Crippen molar-refractivity contribution in [2.24, 2.45) is 0 Å². The van der Waals surface area contributed by atoms with Gasteiger partial charge in [-0.2, -0.15) is 0 Å². The molecule has 164 valence electrons. The highest BCUT2D eigenvalue weighted by Gasteiger charge is 2.15. The van der Waals surface area contributed by atoms with E-state index < -0.39 is 20.9 Å². The van der Waals surface area contributed by atoms with E-state index in [1.165, 1.54) is 55.7 Å². The van der Waals surface area contributed by atoms with Crippen LogP contribution in [0.1, 0.15) is 5.56 Å². The molecule has 0 saturated carbocycles. The highest BCUT2D eigenvalue weighted by Crippen LogP contribution is 2.22. The van der Waals surface area contributed by atoms with E-state index in [2.05, 4.69) is 10.0 Å². The van der Waals surface area contributed by atoms with Crippen LogP contribution in [0.5, 0.6) is 5.75 Å². The predicted molar refractivity (Wildman–Crippen MR) is 121 cm³/mol. The fourth-order valence-corrected chi connectivity index (χ4v) is 3.86. The van der Waals surface area contributed by atoms with Crippen LogP contribution in [0.15, 0.2) is 83.8 Å². The zero-order chi connectivity index (χ0) is 23.1. The third-order valence-electron chi connectivity index (χ3n) is 4.30. The second kappa shape index (κ2) is 9.75. The molecular formula is C22H19N3O6S. The van der Waals surface area contributed by atoms with Crippen molar-refractivity contribution in [3.63, 3.8) is 0 Å². The van der Waals surface area contributed by atoms with E-state index in [9.17, 15) is 23.3 Å². The second-order valence-electron chi connectivity index (χ2n) is 6.50. The standard InChI is InChI=1S/C22H19N3O6S/c1-31-19-12-10-17(11-13-19)24-32(29,30)20-7-4-6-18(15-20)23-22(26)14-9-16-5-2-3-8-21(16)25(27)28/h2-15,24H,1H3,(H,23,26)/b14-9+. The van der Waals surface area contributed by atoms with Crippen molar-refractivity contribution in [1.29, 1.82) is 0 Å². The van der Waals surface area contributed by atoms with E-state index in [-0.39, 0.29) is 21.8 Å². The number of nitrogens with zero attached hydrogens (tertiary/aromatic N) is 1. The summed E-state index contributed by atoms with van der Waals surface area (Å²) in [5.74, 6) is 0.0207. The van der Waals surface area contributed by atoms with E-state index in [0.717, 1.165) is 6.08 Å². The summed E-state index contributed by atoms with van der Waals surface area (Å²) in [6.07, 6.45) is 2.46. The highest BCUT2D eigenvalue weighted by molar-refractivity contribution is 7.92. The van der Waals surface area contributed by atoms with Crippen LogP contribution in [0.3, 0.4) is 0 Å². The lowest BCUT2D eigenvalue weighted by Gasteiger charge is -2.10. The molecule has 9 nitrogen and oxygen atoms in total. The van der Waals surface area contributed by atoms with Crippen LogP contribution in [-0.2, 0) is 14.8 Å². The Morgan fingerprint density at radius 3 is 2.41 bits per heavy atom. The monoisotopic (exact) mass is 453 g/mol. The molecule has 32 heavy (non-hydrogen) atoms. The van der Waals surface area contributed by atoms with Gasteiger partial charge in [0.15, 0.2) is 0 Å². The highest BCUT2D eigenvalue weighted by atomic mass is 32.2. The molecule has 0 aliphatic rings. The van der Waals surface area contributed by atoms with E-state index in [0.29, 0.717) is 11.4 Å². The Balaban J connectivity index is 1.72. The van der Waals surface area contributed by atoms with E-state index in [4.69, 9.17) is 4.74 Å². The molecule has 0 bridgehead atoms. The number of hydrogen-bond donors (Lipinski definition) is 2. The molecule has 0 spiro atoms. The minimum absolute atomic E-state index is 0.0474. The van der Waals surface area contributed by atoms with Gasteiger partial charge >= 0.3 is 0 Å². The minimum Gasteiger partial charge on any atom is -0.497 e. The molecular weight excluding hydrogens is 434 g/mol. The Labute approximate surface area is 184 Å². The number of methoxy groups -OCH3 is 1. The predicted octanol–water partition coefficient (Wildman–Crippen LogP) is 4.06. The molecule has 3 aromatic carbocycles. The Kier molecular flexibility index (Phi) is 6.86. The van der Waals surface area contributed by atoms with Crippen molar-refractivity contribution in [3.8, 4) is 5.75 Å². The number of sulfonamides is 1. The van der Waals surface area contributed by atoms with Crippen molar-refractivity contribution < 1.29 is 22.9 Å². The minimum atomic E-state index is -3.90. The van der Waals surface area contributed by atoms with Crippen LogP contribution < -0.4 is 14.8 Å². The smallest absolute Gasteiger partial charge is 0.276 e. The number of nitrogens with one attached hydrogen (secondary N) is 2. The first-order valence-corrected chi connectivity index (χ1v) is 10.8.